The number of hydrogen-bond acceptors (Lipinski definition) is 4. The smallest absolute Gasteiger partial charge is 0.328 e. The third-order valence-corrected chi connectivity index (χ3v) is 4.59. The van der Waals surface area contributed by atoms with Crippen molar-refractivity contribution >= 4 is 17.8 Å². The summed E-state index contributed by atoms with van der Waals surface area (Å²) in [6.07, 6.45) is 2.65. The van der Waals surface area contributed by atoms with Crippen molar-refractivity contribution in [3.63, 3.8) is 0 Å². The second-order valence-electron chi connectivity index (χ2n) is 7.03. The Balaban J connectivity index is 2.11. The molecule has 158 valence electrons. The first-order valence-corrected chi connectivity index (χ1v) is 9.91. The van der Waals surface area contributed by atoms with E-state index in [0.29, 0.717) is 19.4 Å². The van der Waals surface area contributed by atoms with Crippen LogP contribution < -0.4 is 5.32 Å². The Labute approximate surface area is 176 Å². The van der Waals surface area contributed by atoms with Gasteiger partial charge >= 0.3 is 11.9 Å². The fourth-order valence-corrected chi connectivity index (χ4v) is 3.15. The zero-order chi connectivity index (χ0) is 21.9. The molecule has 6 nitrogen and oxygen atoms in total. The molecule has 2 rings (SSSR count). The van der Waals surface area contributed by atoms with Gasteiger partial charge in [0.05, 0.1) is 12.5 Å². The zero-order valence-corrected chi connectivity index (χ0v) is 17.2. The van der Waals surface area contributed by atoms with Crippen LogP contribution in [0.15, 0.2) is 66.7 Å². The number of carboxylic acids is 1. The van der Waals surface area contributed by atoms with Gasteiger partial charge in [0, 0.05) is 18.2 Å². The summed E-state index contributed by atoms with van der Waals surface area (Å²) in [6.45, 7) is 3.79. The summed E-state index contributed by atoms with van der Waals surface area (Å²) < 4.78 is 5.06. The van der Waals surface area contributed by atoms with Gasteiger partial charge in [0.1, 0.15) is 0 Å². The number of carbonyl (C=O) groups excluding carboxylic acids is 2. The van der Waals surface area contributed by atoms with E-state index in [0.717, 1.165) is 28.8 Å². The van der Waals surface area contributed by atoms with Crippen molar-refractivity contribution in [1.29, 1.82) is 0 Å². The van der Waals surface area contributed by atoms with E-state index < -0.39 is 17.8 Å². The average molecular weight is 409 g/mol. The van der Waals surface area contributed by atoms with Crippen molar-refractivity contribution in [2.75, 3.05) is 6.61 Å². The number of benzene rings is 2. The first-order chi connectivity index (χ1) is 14.4. The highest BCUT2D eigenvalue weighted by molar-refractivity contribution is 5.94. The number of hydrogen-bond donors (Lipinski definition) is 2. The summed E-state index contributed by atoms with van der Waals surface area (Å²) in [4.78, 5) is 34.7. The van der Waals surface area contributed by atoms with Crippen LogP contribution in [0.1, 0.15) is 25.8 Å². The largest absolute Gasteiger partial charge is 0.478 e. The Morgan fingerprint density at radius 2 is 1.63 bits per heavy atom. The quantitative estimate of drug-likeness (QED) is 0.462. The van der Waals surface area contributed by atoms with E-state index in [4.69, 9.17) is 9.84 Å². The molecule has 0 saturated heterocycles. The maximum atomic E-state index is 12.1. The highest BCUT2D eigenvalue weighted by Crippen LogP contribution is 2.21. The average Bonchev–Trinajstić information content (AvgIpc) is 2.73. The van der Waals surface area contributed by atoms with E-state index >= 15 is 0 Å². The molecule has 30 heavy (non-hydrogen) atoms. The van der Waals surface area contributed by atoms with Gasteiger partial charge in [-0.2, -0.15) is 0 Å². The number of aliphatic carboxylic acids is 1. The molecular formula is C24H27NO5. The monoisotopic (exact) mass is 409 g/mol. The van der Waals surface area contributed by atoms with Crippen LogP contribution in [0.2, 0.25) is 0 Å². The fraction of sp³-hybridized carbons (Fsp3) is 0.292. The van der Waals surface area contributed by atoms with Crippen molar-refractivity contribution in [3.05, 3.63) is 72.3 Å². The number of rotatable bonds is 10. The molecule has 0 unspecified atom stereocenters. The number of esters is 1. The molecule has 1 amide bonds. The molecule has 0 aromatic heterocycles. The Morgan fingerprint density at radius 1 is 1.00 bits per heavy atom. The highest BCUT2D eigenvalue weighted by Gasteiger charge is 2.21. The van der Waals surface area contributed by atoms with Crippen LogP contribution in [0.5, 0.6) is 0 Å². The molecule has 0 saturated carbocycles. The lowest BCUT2D eigenvalue weighted by Gasteiger charge is -2.21. The molecule has 2 aromatic carbocycles. The van der Waals surface area contributed by atoms with Crippen LogP contribution >= 0.6 is 0 Å². The maximum absolute atomic E-state index is 12.1. The predicted octanol–water partition coefficient (Wildman–Crippen LogP) is 3.61. The van der Waals surface area contributed by atoms with Crippen LogP contribution in [0.4, 0.5) is 0 Å². The van der Waals surface area contributed by atoms with Crippen LogP contribution in [0, 0.1) is 5.92 Å². The zero-order valence-electron chi connectivity index (χ0n) is 17.2. The Bertz CT molecular complexity index is 874. The maximum Gasteiger partial charge on any atom is 0.328 e. The number of carboxylic acid groups (broad SMARTS) is 1. The number of carbonyl (C=O) groups is 3. The molecular weight excluding hydrogens is 382 g/mol. The third-order valence-electron chi connectivity index (χ3n) is 4.59. The number of ether oxygens (including phenoxy) is 1. The van der Waals surface area contributed by atoms with Crippen molar-refractivity contribution in [2.24, 2.45) is 5.92 Å². The summed E-state index contributed by atoms with van der Waals surface area (Å²) >= 11 is 0. The minimum absolute atomic E-state index is 0.294. The number of nitrogens with one attached hydrogen (secondary N) is 1. The van der Waals surface area contributed by atoms with Gasteiger partial charge in [-0.25, -0.2) is 4.79 Å². The second kappa shape index (κ2) is 11.6. The van der Waals surface area contributed by atoms with Gasteiger partial charge in [0.15, 0.2) is 0 Å². The molecule has 0 radical (unpaired) electrons. The molecule has 0 aliphatic rings. The first kappa shape index (κ1) is 22.9. The normalized spacial score (nSPS) is 12.9. The van der Waals surface area contributed by atoms with Gasteiger partial charge in [0.2, 0.25) is 5.91 Å². The van der Waals surface area contributed by atoms with Gasteiger partial charge in [-0.05, 0) is 36.5 Å². The first-order valence-electron chi connectivity index (χ1n) is 9.91. The fourth-order valence-electron chi connectivity index (χ4n) is 3.15. The Morgan fingerprint density at radius 3 is 2.23 bits per heavy atom. The van der Waals surface area contributed by atoms with E-state index in [1.807, 2.05) is 54.6 Å². The standard InChI is InChI=1S/C24H27NO5/c1-3-30-24(29)17(2)15-21(25-22(26)13-14-23(27)28)16-18-9-11-20(12-10-18)19-7-5-4-6-8-19/h4-14,17,21H,3,15-16H2,1-2H3,(H,25,26)(H,27,28)/b14-13-/t17-,21+/m1/s1. The van der Waals surface area contributed by atoms with E-state index in [1.165, 1.54) is 0 Å². The van der Waals surface area contributed by atoms with Crippen molar-refractivity contribution in [2.45, 2.75) is 32.7 Å². The van der Waals surface area contributed by atoms with E-state index in [1.54, 1.807) is 13.8 Å². The van der Waals surface area contributed by atoms with E-state index in [2.05, 4.69) is 5.32 Å². The molecule has 0 aliphatic heterocycles. The predicted molar refractivity (Wildman–Crippen MR) is 115 cm³/mol. The van der Waals surface area contributed by atoms with Crippen molar-refractivity contribution < 1.29 is 24.2 Å². The summed E-state index contributed by atoms with van der Waals surface area (Å²) in [6, 6.07) is 17.7. The van der Waals surface area contributed by atoms with Crippen LogP contribution in [-0.2, 0) is 25.5 Å². The molecule has 6 heteroatoms. The van der Waals surface area contributed by atoms with Crippen LogP contribution in [0.3, 0.4) is 0 Å². The Hall–Kier alpha value is -3.41. The Kier molecular flexibility index (Phi) is 8.81. The van der Waals surface area contributed by atoms with Crippen molar-refractivity contribution in [3.8, 4) is 11.1 Å². The lowest BCUT2D eigenvalue weighted by Crippen LogP contribution is -2.38. The summed E-state index contributed by atoms with van der Waals surface area (Å²) in [7, 11) is 0. The lowest BCUT2D eigenvalue weighted by molar-refractivity contribution is -0.148. The van der Waals surface area contributed by atoms with Gasteiger partial charge in [-0.15, -0.1) is 0 Å². The molecule has 2 aromatic rings. The molecule has 0 aliphatic carbocycles. The SMILES string of the molecule is CCOC(=O)[C@H](C)C[C@@H](Cc1ccc(-c2ccccc2)cc1)NC(=O)/C=C\C(=O)O. The second-order valence-corrected chi connectivity index (χ2v) is 7.03. The summed E-state index contributed by atoms with van der Waals surface area (Å²) in [5.74, 6) is -2.43. The molecule has 0 spiro atoms. The van der Waals surface area contributed by atoms with Crippen LogP contribution in [0.25, 0.3) is 11.1 Å². The minimum Gasteiger partial charge on any atom is -0.478 e. The van der Waals surface area contributed by atoms with Gasteiger partial charge in [-0.1, -0.05) is 61.5 Å². The third kappa shape index (κ3) is 7.54. The van der Waals surface area contributed by atoms with Gasteiger partial charge in [0.25, 0.3) is 0 Å². The summed E-state index contributed by atoms with van der Waals surface area (Å²) in [5.41, 5.74) is 3.20. The molecule has 0 fully saturated rings. The summed E-state index contributed by atoms with van der Waals surface area (Å²) in [5, 5.41) is 11.5. The van der Waals surface area contributed by atoms with E-state index in [9.17, 15) is 14.4 Å². The molecule has 2 N–H and O–H groups in total. The topological polar surface area (TPSA) is 92.7 Å². The van der Waals surface area contributed by atoms with E-state index in [-0.39, 0.29) is 12.0 Å². The molecule has 2 atom stereocenters. The highest BCUT2D eigenvalue weighted by atomic mass is 16.5. The van der Waals surface area contributed by atoms with Gasteiger partial charge in [-0.3, -0.25) is 9.59 Å². The van der Waals surface area contributed by atoms with Gasteiger partial charge < -0.3 is 15.2 Å². The molecule has 0 bridgehead atoms. The van der Waals surface area contributed by atoms with Crippen molar-refractivity contribution in [1.82, 2.24) is 5.32 Å². The minimum atomic E-state index is -1.20. The molecule has 0 heterocycles. The lowest BCUT2D eigenvalue weighted by atomic mass is 9.95. The van der Waals surface area contributed by atoms with Crippen LogP contribution in [-0.4, -0.2) is 35.6 Å². The number of amides is 1.